The van der Waals surface area contributed by atoms with E-state index in [1.807, 2.05) is 26.0 Å². The summed E-state index contributed by atoms with van der Waals surface area (Å²) in [7, 11) is -3.51. The molecular weight excluding hydrogens is 406 g/mol. The maximum Gasteiger partial charge on any atom is 0.407 e. The Bertz CT molecular complexity index is 671. The van der Waals surface area contributed by atoms with E-state index in [0.29, 0.717) is 0 Å². The summed E-state index contributed by atoms with van der Waals surface area (Å²) in [4.78, 5) is 11.9. The number of halogens is 1. The Morgan fingerprint density at radius 2 is 1.56 bits per heavy atom. The van der Waals surface area contributed by atoms with Crippen molar-refractivity contribution in [2.75, 3.05) is 0 Å². The maximum atomic E-state index is 13.1. The molecular formula is C18H28BrNO4S. The molecule has 1 aromatic rings. The van der Waals surface area contributed by atoms with E-state index in [2.05, 4.69) is 21.2 Å². The highest BCUT2D eigenvalue weighted by molar-refractivity contribution is 9.10. The number of carbonyl (C=O) groups excluding carboxylic acids is 1. The molecule has 0 aliphatic carbocycles. The number of ether oxygens (including phenoxy) is 1. The number of hydrogen-bond donors (Lipinski definition) is 1. The molecule has 1 N–H and O–H groups in total. The minimum Gasteiger partial charge on any atom is -0.447 e. The number of sulfone groups is 1. The molecule has 0 spiro atoms. The molecule has 1 aromatic carbocycles. The van der Waals surface area contributed by atoms with E-state index in [1.54, 1.807) is 39.8 Å². The molecule has 0 saturated carbocycles. The lowest BCUT2D eigenvalue weighted by molar-refractivity contribution is 0.109. The molecule has 3 atom stereocenters. The lowest BCUT2D eigenvalue weighted by Crippen LogP contribution is -2.49. The van der Waals surface area contributed by atoms with Crippen LogP contribution in [0.4, 0.5) is 4.79 Å². The van der Waals surface area contributed by atoms with Crippen molar-refractivity contribution in [1.82, 2.24) is 5.32 Å². The monoisotopic (exact) mass is 433 g/mol. The lowest BCUT2D eigenvalue weighted by atomic mass is 10.0. The number of hydrogen-bond acceptors (Lipinski definition) is 4. The van der Waals surface area contributed by atoms with Gasteiger partial charge in [0.05, 0.1) is 22.6 Å². The summed E-state index contributed by atoms with van der Waals surface area (Å²) < 4.78 is 32.1. The summed E-state index contributed by atoms with van der Waals surface area (Å²) in [5.74, 6) is -0.0541. The number of carbonyl (C=O) groups is 1. The third-order valence-corrected chi connectivity index (χ3v) is 7.32. The second-order valence-electron chi connectivity index (χ2n) is 6.86. The van der Waals surface area contributed by atoms with E-state index in [-0.39, 0.29) is 12.0 Å². The quantitative estimate of drug-likeness (QED) is 0.687. The molecule has 0 saturated heterocycles. The van der Waals surface area contributed by atoms with Gasteiger partial charge >= 0.3 is 6.09 Å². The van der Waals surface area contributed by atoms with Gasteiger partial charge in [0.2, 0.25) is 0 Å². The zero-order chi connectivity index (χ0) is 19.4. The molecule has 1 rings (SSSR count). The van der Waals surface area contributed by atoms with Crippen LogP contribution in [0.2, 0.25) is 0 Å². The summed E-state index contributed by atoms with van der Waals surface area (Å²) in [6, 6.07) is 6.71. The first-order valence-corrected chi connectivity index (χ1v) is 10.8. The summed E-state index contributed by atoms with van der Waals surface area (Å²) in [5.41, 5.74) is 0.724. The Kier molecular flexibility index (Phi) is 7.93. The Morgan fingerprint density at radius 1 is 1.04 bits per heavy atom. The average Bonchev–Trinajstić information content (AvgIpc) is 2.51. The molecule has 0 fully saturated rings. The van der Waals surface area contributed by atoms with Crippen molar-refractivity contribution < 1.29 is 17.9 Å². The van der Waals surface area contributed by atoms with Gasteiger partial charge in [-0.25, -0.2) is 13.2 Å². The van der Waals surface area contributed by atoms with Crippen molar-refractivity contribution in [2.45, 2.75) is 64.2 Å². The maximum absolute atomic E-state index is 13.1. The van der Waals surface area contributed by atoms with Crippen LogP contribution < -0.4 is 5.32 Å². The topological polar surface area (TPSA) is 72.5 Å². The van der Waals surface area contributed by atoms with Crippen molar-refractivity contribution in [3.8, 4) is 0 Å². The van der Waals surface area contributed by atoms with Crippen LogP contribution in [0.25, 0.3) is 0 Å². The first kappa shape index (κ1) is 22.0. The molecule has 1 unspecified atom stereocenters. The van der Waals surface area contributed by atoms with Gasteiger partial charge in [-0.3, -0.25) is 0 Å². The second-order valence-corrected chi connectivity index (χ2v) is 10.4. The van der Waals surface area contributed by atoms with Crippen molar-refractivity contribution >= 4 is 31.9 Å². The van der Waals surface area contributed by atoms with Gasteiger partial charge in [-0.1, -0.05) is 41.9 Å². The van der Waals surface area contributed by atoms with E-state index < -0.39 is 32.5 Å². The first-order chi connectivity index (χ1) is 11.5. The predicted octanol–water partition coefficient (Wildman–Crippen LogP) is 4.47. The van der Waals surface area contributed by atoms with Gasteiger partial charge in [0.25, 0.3) is 0 Å². The highest BCUT2D eigenvalue weighted by Crippen LogP contribution is 2.29. The number of amides is 1. The van der Waals surface area contributed by atoms with Gasteiger partial charge in [0, 0.05) is 4.47 Å². The molecule has 0 bridgehead atoms. The molecule has 142 valence electrons. The van der Waals surface area contributed by atoms with E-state index in [9.17, 15) is 13.2 Å². The third kappa shape index (κ3) is 5.99. The Morgan fingerprint density at radius 3 is 2.00 bits per heavy atom. The van der Waals surface area contributed by atoms with Gasteiger partial charge in [-0.05, 0) is 51.3 Å². The number of nitrogens with one attached hydrogen (secondary N) is 1. The zero-order valence-corrected chi connectivity index (χ0v) is 18.0. The normalized spacial score (nSPS) is 15.7. The van der Waals surface area contributed by atoms with Gasteiger partial charge in [0.1, 0.15) is 0 Å². The fourth-order valence-electron chi connectivity index (χ4n) is 2.66. The SMILES string of the molecule is CC(C)OC(=O)N[C@@H](C(C)C)C(C)S(=O)(=O)[C@@H](C)c1ccc(Br)cc1. The Labute approximate surface area is 159 Å². The summed E-state index contributed by atoms with van der Waals surface area (Å²) in [5, 5.41) is 1.31. The van der Waals surface area contributed by atoms with Crippen LogP contribution in [0.5, 0.6) is 0 Å². The van der Waals surface area contributed by atoms with E-state index in [1.165, 1.54) is 0 Å². The smallest absolute Gasteiger partial charge is 0.407 e. The van der Waals surface area contributed by atoms with Gasteiger partial charge in [0.15, 0.2) is 9.84 Å². The highest BCUT2D eigenvalue weighted by Gasteiger charge is 2.37. The molecule has 0 aromatic heterocycles. The van der Waals surface area contributed by atoms with Crippen LogP contribution in [0.3, 0.4) is 0 Å². The Balaban J connectivity index is 3.03. The van der Waals surface area contributed by atoms with Crippen LogP contribution in [0.1, 0.15) is 52.4 Å². The zero-order valence-electron chi connectivity index (χ0n) is 15.6. The Hall–Kier alpha value is -1.08. The predicted molar refractivity (Wildman–Crippen MR) is 104 cm³/mol. The number of rotatable bonds is 7. The standard InChI is InChI=1S/C18H28BrNO4S/c1-11(2)17(20-18(21)24-12(3)4)14(6)25(22,23)13(5)15-7-9-16(19)10-8-15/h7-14,17H,1-6H3,(H,20,21)/t13-,14?,17-/m0/s1. The highest BCUT2D eigenvalue weighted by atomic mass is 79.9. The van der Waals surface area contributed by atoms with Crippen molar-refractivity contribution in [3.63, 3.8) is 0 Å². The summed E-state index contributed by atoms with van der Waals surface area (Å²) in [6.45, 7) is 10.6. The second kappa shape index (κ2) is 9.03. The molecule has 7 heteroatoms. The molecule has 0 aliphatic rings. The number of benzene rings is 1. The fourth-order valence-corrected chi connectivity index (χ4v) is 4.90. The fraction of sp³-hybridized carbons (Fsp3) is 0.611. The third-order valence-electron chi connectivity index (χ3n) is 4.20. The first-order valence-electron chi connectivity index (χ1n) is 8.42. The van der Waals surface area contributed by atoms with E-state index in [0.717, 1.165) is 10.0 Å². The van der Waals surface area contributed by atoms with Gasteiger partial charge in [-0.2, -0.15) is 0 Å². The lowest BCUT2D eigenvalue weighted by Gasteiger charge is -2.30. The van der Waals surface area contributed by atoms with Crippen molar-refractivity contribution in [2.24, 2.45) is 5.92 Å². The van der Waals surface area contributed by atoms with Crippen molar-refractivity contribution in [1.29, 1.82) is 0 Å². The van der Waals surface area contributed by atoms with Gasteiger partial charge < -0.3 is 10.1 Å². The molecule has 25 heavy (non-hydrogen) atoms. The van der Waals surface area contributed by atoms with E-state index in [4.69, 9.17) is 4.74 Å². The van der Waals surface area contributed by atoms with Crippen LogP contribution in [-0.2, 0) is 14.6 Å². The summed E-state index contributed by atoms with van der Waals surface area (Å²) >= 11 is 3.35. The summed E-state index contributed by atoms with van der Waals surface area (Å²) in [6.07, 6.45) is -0.853. The molecule has 0 aliphatic heterocycles. The number of alkyl carbamates (subject to hydrolysis) is 1. The van der Waals surface area contributed by atoms with Crippen LogP contribution >= 0.6 is 15.9 Å². The average molecular weight is 434 g/mol. The van der Waals surface area contributed by atoms with Crippen molar-refractivity contribution in [3.05, 3.63) is 34.3 Å². The van der Waals surface area contributed by atoms with Crippen LogP contribution in [-0.4, -0.2) is 31.9 Å². The molecule has 1 amide bonds. The van der Waals surface area contributed by atoms with Crippen LogP contribution in [0.15, 0.2) is 28.7 Å². The molecule has 0 radical (unpaired) electrons. The van der Waals surface area contributed by atoms with Crippen LogP contribution in [0, 0.1) is 5.92 Å². The minimum atomic E-state index is -3.51. The van der Waals surface area contributed by atoms with Gasteiger partial charge in [-0.15, -0.1) is 0 Å². The molecule has 5 nitrogen and oxygen atoms in total. The minimum absolute atomic E-state index is 0.0541. The molecule has 0 heterocycles. The van der Waals surface area contributed by atoms with E-state index >= 15 is 0 Å². The largest absolute Gasteiger partial charge is 0.447 e.